The second kappa shape index (κ2) is 13.8. The van der Waals surface area contributed by atoms with Crippen LogP contribution in [0.15, 0.2) is 41.9 Å². The maximum atomic E-state index is 4.61. The van der Waals surface area contributed by atoms with Crippen LogP contribution < -0.4 is 15.5 Å². The van der Waals surface area contributed by atoms with Gasteiger partial charge in [0.25, 0.3) is 0 Å². The van der Waals surface area contributed by atoms with E-state index in [-0.39, 0.29) is 24.0 Å². The summed E-state index contributed by atoms with van der Waals surface area (Å²) in [6.45, 7) is 16.2. The summed E-state index contributed by atoms with van der Waals surface area (Å²) >= 11 is 0. The van der Waals surface area contributed by atoms with Gasteiger partial charge >= 0.3 is 0 Å². The van der Waals surface area contributed by atoms with E-state index in [2.05, 4.69) is 70.1 Å². The Morgan fingerprint density at radius 3 is 2.63 bits per heavy atom. The zero-order chi connectivity index (χ0) is 18.6. The number of nitrogens with zero attached hydrogens (tertiary/aromatic N) is 3. The number of hydrogen-bond acceptors (Lipinski definition) is 3. The van der Waals surface area contributed by atoms with E-state index in [0.29, 0.717) is 0 Å². The van der Waals surface area contributed by atoms with Crippen LogP contribution >= 0.6 is 24.0 Å². The fourth-order valence-corrected chi connectivity index (χ4v) is 3.20. The Morgan fingerprint density at radius 1 is 1.19 bits per heavy atom. The number of anilines is 1. The monoisotopic (exact) mass is 485 g/mol. The molecular formula is C21H36IN5. The molecule has 5 nitrogen and oxygen atoms in total. The van der Waals surface area contributed by atoms with Crippen LogP contribution in [0.4, 0.5) is 5.69 Å². The van der Waals surface area contributed by atoms with Crippen LogP contribution in [0.3, 0.4) is 0 Å². The average molecular weight is 485 g/mol. The molecule has 0 radical (unpaired) electrons. The van der Waals surface area contributed by atoms with Crippen LogP contribution in [-0.2, 0) is 0 Å². The third-order valence-electron chi connectivity index (χ3n) is 4.65. The smallest absolute Gasteiger partial charge is 0.191 e. The Balaban J connectivity index is 0.00000364. The van der Waals surface area contributed by atoms with Gasteiger partial charge in [0.2, 0.25) is 0 Å². The Morgan fingerprint density at radius 2 is 1.96 bits per heavy atom. The number of piperazine rings is 1. The molecule has 0 bridgehead atoms. The SMILES string of the molecule is C=CCNC(=NCCCCN1CCN(c2cccc(C)c2)CC1)NCC.I. The molecule has 2 N–H and O–H groups in total. The predicted octanol–water partition coefficient (Wildman–Crippen LogP) is 3.26. The molecule has 0 spiro atoms. The van der Waals surface area contributed by atoms with Crippen molar-refractivity contribution < 1.29 is 0 Å². The van der Waals surface area contributed by atoms with Crippen molar-refractivity contribution in [3.8, 4) is 0 Å². The largest absolute Gasteiger partial charge is 0.369 e. The number of guanidine groups is 1. The summed E-state index contributed by atoms with van der Waals surface area (Å²) in [7, 11) is 0. The van der Waals surface area contributed by atoms with Crippen molar-refractivity contribution in [2.45, 2.75) is 26.7 Å². The van der Waals surface area contributed by atoms with Gasteiger partial charge in [-0.3, -0.25) is 9.89 Å². The molecule has 0 atom stereocenters. The molecule has 152 valence electrons. The molecule has 1 aliphatic heterocycles. The summed E-state index contributed by atoms with van der Waals surface area (Å²) in [4.78, 5) is 9.70. The molecule has 1 saturated heterocycles. The first-order chi connectivity index (χ1) is 12.7. The summed E-state index contributed by atoms with van der Waals surface area (Å²) in [5.74, 6) is 0.888. The van der Waals surface area contributed by atoms with Crippen molar-refractivity contribution in [1.82, 2.24) is 15.5 Å². The number of unbranched alkanes of at least 4 members (excludes halogenated alkanes) is 1. The zero-order valence-electron chi connectivity index (χ0n) is 16.9. The van der Waals surface area contributed by atoms with Gasteiger partial charge in [-0.2, -0.15) is 0 Å². The maximum Gasteiger partial charge on any atom is 0.191 e. The van der Waals surface area contributed by atoms with E-state index in [9.17, 15) is 0 Å². The summed E-state index contributed by atoms with van der Waals surface area (Å²) in [5.41, 5.74) is 2.70. The minimum absolute atomic E-state index is 0. The highest BCUT2D eigenvalue weighted by Gasteiger charge is 2.16. The van der Waals surface area contributed by atoms with Crippen molar-refractivity contribution in [1.29, 1.82) is 0 Å². The van der Waals surface area contributed by atoms with Gasteiger partial charge in [0, 0.05) is 51.5 Å². The lowest BCUT2D eigenvalue weighted by atomic mass is 10.2. The quantitative estimate of drug-likeness (QED) is 0.185. The summed E-state index contributed by atoms with van der Waals surface area (Å²) < 4.78 is 0. The lowest BCUT2D eigenvalue weighted by Gasteiger charge is -2.36. The lowest BCUT2D eigenvalue weighted by Crippen LogP contribution is -2.46. The molecule has 0 saturated carbocycles. The fraction of sp³-hybridized carbons (Fsp3) is 0.571. The lowest BCUT2D eigenvalue weighted by molar-refractivity contribution is 0.253. The first kappa shape index (κ1) is 23.8. The van der Waals surface area contributed by atoms with E-state index >= 15 is 0 Å². The summed E-state index contributed by atoms with van der Waals surface area (Å²) in [5, 5.41) is 6.50. The number of halogens is 1. The molecule has 1 aromatic rings. The van der Waals surface area contributed by atoms with Crippen LogP contribution in [0, 0.1) is 6.92 Å². The van der Waals surface area contributed by atoms with Gasteiger partial charge in [-0.25, -0.2) is 0 Å². The molecule has 0 amide bonds. The second-order valence-corrected chi connectivity index (χ2v) is 6.81. The highest BCUT2D eigenvalue weighted by atomic mass is 127. The Bertz CT molecular complexity index is 567. The highest BCUT2D eigenvalue weighted by molar-refractivity contribution is 14.0. The van der Waals surface area contributed by atoms with Crippen molar-refractivity contribution in [3.05, 3.63) is 42.5 Å². The van der Waals surface area contributed by atoms with Gasteiger partial charge in [-0.05, 0) is 50.9 Å². The Labute approximate surface area is 182 Å². The van der Waals surface area contributed by atoms with Crippen LogP contribution in [0.2, 0.25) is 0 Å². The minimum Gasteiger partial charge on any atom is -0.369 e. The fourth-order valence-electron chi connectivity index (χ4n) is 3.20. The average Bonchev–Trinajstić information content (AvgIpc) is 2.66. The predicted molar refractivity (Wildman–Crippen MR) is 129 cm³/mol. The number of aliphatic imine (C=N–C) groups is 1. The standard InChI is InChI=1S/C21H35N5.HI/c1-4-11-23-21(22-5-2)24-12-6-7-13-25-14-16-26(17-15-25)20-10-8-9-19(3)18-20;/h4,8-10,18H,1,5-7,11-17H2,2-3H3,(H2,22,23,24);1H. The van der Waals surface area contributed by atoms with Crippen LogP contribution in [0.25, 0.3) is 0 Å². The number of hydrogen-bond donors (Lipinski definition) is 2. The van der Waals surface area contributed by atoms with Gasteiger partial charge in [0.15, 0.2) is 5.96 Å². The summed E-state index contributed by atoms with van der Waals surface area (Å²) in [6, 6.07) is 8.83. The van der Waals surface area contributed by atoms with Crippen LogP contribution in [0.5, 0.6) is 0 Å². The second-order valence-electron chi connectivity index (χ2n) is 6.81. The third-order valence-corrected chi connectivity index (χ3v) is 4.65. The van der Waals surface area contributed by atoms with Gasteiger partial charge < -0.3 is 15.5 Å². The molecule has 0 aromatic heterocycles. The number of nitrogens with one attached hydrogen (secondary N) is 2. The molecule has 27 heavy (non-hydrogen) atoms. The highest BCUT2D eigenvalue weighted by Crippen LogP contribution is 2.17. The van der Waals surface area contributed by atoms with E-state index in [0.717, 1.165) is 58.2 Å². The number of rotatable bonds is 9. The molecule has 1 heterocycles. The van der Waals surface area contributed by atoms with E-state index in [1.54, 1.807) is 0 Å². The number of aryl methyl sites for hydroxylation is 1. The summed E-state index contributed by atoms with van der Waals surface area (Å²) in [6.07, 6.45) is 4.18. The van der Waals surface area contributed by atoms with Gasteiger partial charge in [-0.15, -0.1) is 30.6 Å². The van der Waals surface area contributed by atoms with Gasteiger partial charge in [-0.1, -0.05) is 18.2 Å². The third kappa shape index (κ3) is 8.97. The molecular weight excluding hydrogens is 449 g/mol. The Hall–Kier alpha value is -1.28. The van der Waals surface area contributed by atoms with Crippen molar-refractivity contribution in [3.63, 3.8) is 0 Å². The van der Waals surface area contributed by atoms with E-state index in [4.69, 9.17) is 0 Å². The molecule has 2 rings (SSSR count). The molecule has 1 fully saturated rings. The first-order valence-electron chi connectivity index (χ1n) is 9.90. The molecule has 1 aromatic carbocycles. The van der Waals surface area contributed by atoms with E-state index in [1.165, 1.54) is 24.2 Å². The molecule has 0 aliphatic carbocycles. The van der Waals surface area contributed by atoms with Crippen molar-refractivity contribution in [2.75, 3.05) is 57.3 Å². The topological polar surface area (TPSA) is 42.9 Å². The molecule has 6 heteroatoms. The van der Waals surface area contributed by atoms with Gasteiger partial charge in [0.05, 0.1) is 0 Å². The van der Waals surface area contributed by atoms with Crippen molar-refractivity contribution >= 4 is 35.6 Å². The minimum atomic E-state index is 0. The van der Waals surface area contributed by atoms with Crippen LogP contribution in [0.1, 0.15) is 25.3 Å². The van der Waals surface area contributed by atoms with Crippen molar-refractivity contribution in [2.24, 2.45) is 4.99 Å². The molecule has 0 unspecified atom stereocenters. The first-order valence-corrected chi connectivity index (χ1v) is 9.90. The normalized spacial score (nSPS) is 15.2. The molecule has 1 aliphatic rings. The van der Waals surface area contributed by atoms with E-state index in [1.807, 2.05) is 6.08 Å². The maximum absolute atomic E-state index is 4.61. The zero-order valence-corrected chi connectivity index (χ0v) is 19.2. The number of benzene rings is 1. The van der Waals surface area contributed by atoms with Crippen LogP contribution in [-0.4, -0.2) is 63.2 Å². The van der Waals surface area contributed by atoms with Gasteiger partial charge in [0.1, 0.15) is 0 Å². The Kier molecular flexibility index (Phi) is 12.2. The van der Waals surface area contributed by atoms with E-state index < -0.39 is 0 Å².